The third kappa shape index (κ3) is 5.35. The number of rotatable bonds is 5. The minimum Gasteiger partial charge on any atom is -0.322 e. The molecule has 2 heterocycles. The Morgan fingerprint density at radius 1 is 0.970 bits per heavy atom. The molecule has 0 saturated carbocycles. The summed E-state index contributed by atoms with van der Waals surface area (Å²) in [5.74, 6) is -0.552. The summed E-state index contributed by atoms with van der Waals surface area (Å²) in [7, 11) is 0. The van der Waals surface area contributed by atoms with E-state index in [-0.39, 0.29) is 17.5 Å². The van der Waals surface area contributed by atoms with Gasteiger partial charge in [0.2, 0.25) is 0 Å². The van der Waals surface area contributed by atoms with Crippen LogP contribution in [0.15, 0.2) is 79.4 Å². The number of nitrogens with zero attached hydrogens (tertiary/aromatic N) is 3. The number of pyridine rings is 1. The van der Waals surface area contributed by atoms with Gasteiger partial charge < -0.3 is 5.32 Å². The summed E-state index contributed by atoms with van der Waals surface area (Å²) >= 11 is 5.93. The van der Waals surface area contributed by atoms with Crippen molar-refractivity contribution < 1.29 is 18.0 Å². The van der Waals surface area contributed by atoms with Crippen molar-refractivity contribution in [3.63, 3.8) is 0 Å². The lowest BCUT2D eigenvalue weighted by Crippen LogP contribution is -2.15. The van der Waals surface area contributed by atoms with E-state index in [0.717, 1.165) is 12.1 Å². The highest BCUT2D eigenvalue weighted by molar-refractivity contribution is 6.31. The Balaban J connectivity index is 1.71. The molecule has 0 unspecified atom stereocenters. The maximum absolute atomic E-state index is 13.7. The van der Waals surface area contributed by atoms with Crippen LogP contribution in [0.3, 0.4) is 0 Å². The molecule has 1 amide bonds. The van der Waals surface area contributed by atoms with Crippen LogP contribution in [-0.4, -0.2) is 20.9 Å². The van der Waals surface area contributed by atoms with Crippen molar-refractivity contribution in [1.82, 2.24) is 15.0 Å². The molecule has 2 aromatic heterocycles. The van der Waals surface area contributed by atoms with Crippen molar-refractivity contribution in [2.75, 3.05) is 5.32 Å². The van der Waals surface area contributed by atoms with Crippen LogP contribution in [-0.2, 0) is 12.6 Å². The van der Waals surface area contributed by atoms with E-state index in [1.807, 2.05) is 0 Å². The summed E-state index contributed by atoms with van der Waals surface area (Å²) in [5, 5.41) is 3.07. The van der Waals surface area contributed by atoms with Gasteiger partial charge in [-0.1, -0.05) is 17.7 Å². The quantitative estimate of drug-likeness (QED) is 0.387. The highest BCUT2D eigenvalue weighted by Crippen LogP contribution is 2.34. The predicted molar refractivity (Wildman–Crippen MR) is 119 cm³/mol. The molecule has 0 aliphatic carbocycles. The Bertz CT molecular complexity index is 1300. The standard InChI is InChI=1S/C24H16ClF3N4O/c25-17-3-1-4-18(13-17)32-23(33)15-6-7-20(24(26,27)28)16(11-15)12-22-19(5-2-9-30-22)21-8-10-29-14-31-21/h1-11,13-14H,12H2,(H,32,33). The number of carbonyl (C=O) groups excluding carboxylic acids is 1. The number of anilines is 1. The number of hydrogen-bond donors (Lipinski definition) is 1. The monoisotopic (exact) mass is 468 g/mol. The lowest BCUT2D eigenvalue weighted by atomic mass is 9.96. The Hall–Kier alpha value is -3.78. The molecular weight excluding hydrogens is 453 g/mol. The average molecular weight is 469 g/mol. The molecule has 1 N–H and O–H groups in total. The van der Waals surface area contributed by atoms with E-state index in [0.29, 0.717) is 27.7 Å². The van der Waals surface area contributed by atoms with Crippen LogP contribution < -0.4 is 5.32 Å². The molecule has 0 atom stereocenters. The number of carbonyl (C=O) groups is 1. The summed E-state index contributed by atoms with van der Waals surface area (Å²) in [6.45, 7) is 0. The van der Waals surface area contributed by atoms with Gasteiger partial charge in [0.25, 0.3) is 5.91 Å². The van der Waals surface area contributed by atoms with Gasteiger partial charge in [-0.25, -0.2) is 9.97 Å². The largest absolute Gasteiger partial charge is 0.416 e. The fourth-order valence-electron chi connectivity index (χ4n) is 3.37. The van der Waals surface area contributed by atoms with E-state index in [2.05, 4.69) is 20.3 Å². The number of amides is 1. The minimum atomic E-state index is -4.60. The highest BCUT2D eigenvalue weighted by atomic mass is 35.5. The second-order valence-corrected chi connectivity index (χ2v) is 7.54. The van der Waals surface area contributed by atoms with Gasteiger partial charge in [0, 0.05) is 40.7 Å². The van der Waals surface area contributed by atoms with E-state index < -0.39 is 17.6 Å². The first-order valence-corrected chi connectivity index (χ1v) is 10.2. The lowest BCUT2D eigenvalue weighted by molar-refractivity contribution is -0.138. The molecule has 5 nitrogen and oxygen atoms in total. The minimum absolute atomic E-state index is 0.0738. The van der Waals surface area contributed by atoms with Crippen LogP contribution >= 0.6 is 11.6 Å². The van der Waals surface area contributed by atoms with Crippen molar-refractivity contribution in [2.24, 2.45) is 0 Å². The van der Waals surface area contributed by atoms with Crippen molar-refractivity contribution in [1.29, 1.82) is 0 Å². The summed E-state index contributed by atoms with van der Waals surface area (Å²) < 4.78 is 41.2. The number of benzene rings is 2. The molecule has 166 valence electrons. The van der Waals surface area contributed by atoms with Gasteiger partial charge in [0.1, 0.15) is 6.33 Å². The zero-order valence-corrected chi connectivity index (χ0v) is 17.7. The predicted octanol–water partition coefficient (Wildman–Crippen LogP) is 6.05. The molecule has 4 rings (SSSR count). The van der Waals surface area contributed by atoms with Crippen LogP contribution in [0, 0.1) is 0 Å². The fraction of sp³-hybridized carbons (Fsp3) is 0.0833. The molecule has 0 fully saturated rings. The van der Waals surface area contributed by atoms with Crippen LogP contribution in [0.5, 0.6) is 0 Å². The molecule has 0 saturated heterocycles. The molecule has 0 aliphatic rings. The molecule has 4 aromatic rings. The smallest absolute Gasteiger partial charge is 0.322 e. The molecule has 0 aliphatic heterocycles. The third-order valence-corrected chi connectivity index (χ3v) is 5.10. The SMILES string of the molecule is O=C(Nc1cccc(Cl)c1)c1ccc(C(F)(F)F)c(Cc2ncccc2-c2ccncn2)c1. The molecule has 0 spiro atoms. The normalized spacial score (nSPS) is 11.3. The lowest BCUT2D eigenvalue weighted by Gasteiger charge is -2.16. The maximum Gasteiger partial charge on any atom is 0.416 e. The summed E-state index contributed by atoms with van der Waals surface area (Å²) in [5.41, 5.74) is 1.13. The Labute approximate surface area is 192 Å². The van der Waals surface area contributed by atoms with Crippen molar-refractivity contribution in [3.05, 3.63) is 107 Å². The fourth-order valence-corrected chi connectivity index (χ4v) is 3.56. The van der Waals surface area contributed by atoms with E-state index in [1.54, 1.807) is 48.7 Å². The van der Waals surface area contributed by atoms with Gasteiger partial charge in [-0.3, -0.25) is 9.78 Å². The second kappa shape index (κ2) is 9.38. The Kier molecular flexibility index (Phi) is 6.37. The van der Waals surface area contributed by atoms with E-state index >= 15 is 0 Å². The first-order valence-electron chi connectivity index (χ1n) is 9.78. The molecular formula is C24H16ClF3N4O. The molecule has 33 heavy (non-hydrogen) atoms. The Morgan fingerprint density at radius 2 is 1.82 bits per heavy atom. The first-order chi connectivity index (χ1) is 15.8. The van der Waals surface area contributed by atoms with Crippen LogP contribution in [0.2, 0.25) is 5.02 Å². The van der Waals surface area contributed by atoms with Crippen molar-refractivity contribution >= 4 is 23.2 Å². The topological polar surface area (TPSA) is 67.8 Å². The van der Waals surface area contributed by atoms with E-state index in [9.17, 15) is 18.0 Å². The van der Waals surface area contributed by atoms with E-state index in [1.165, 1.54) is 18.6 Å². The van der Waals surface area contributed by atoms with Gasteiger partial charge in [-0.2, -0.15) is 13.2 Å². The van der Waals surface area contributed by atoms with Gasteiger partial charge >= 0.3 is 6.18 Å². The van der Waals surface area contributed by atoms with Crippen molar-refractivity contribution in [2.45, 2.75) is 12.6 Å². The first kappa shape index (κ1) is 22.4. The number of hydrogen-bond acceptors (Lipinski definition) is 4. The molecule has 9 heteroatoms. The number of alkyl halides is 3. The van der Waals surface area contributed by atoms with Gasteiger partial charge in [0.15, 0.2) is 0 Å². The van der Waals surface area contributed by atoms with Gasteiger partial charge in [-0.05, 0) is 60.2 Å². The maximum atomic E-state index is 13.7. The van der Waals surface area contributed by atoms with Crippen LogP contribution in [0.4, 0.5) is 18.9 Å². The molecule has 0 radical (unpaired) electrons. The Morgan fingerprint density at radius 3 is 2.55 bits per heavy atom. The molecule has 2 aromatic carbocycles. The highest BCUT2D eigenvalue weighted by Gasteiger charge is 2.34. The van der Waals surface area contributed by atoms with Crippen LogP contribution in [0.1, 0.15) is 27.2 Å². The van der Waals surface area contributed by atoms with Crippen LogP contribution in [0.25, 0.3) is 11.3 Å². The summed E-state index contributed by atoms with van der Waals surface area (Å²) in [4.78, 5) is 25.0. The van der Waals surface area contributed by atoms with Crippen molar-refractivity contribution in [3.8, 4) is 11.3 Å². The summed E-state index contributed by atoms with van der Waals surface area (Å²) in [6, 6.07) is 14.9. The number of nitrogens with one attached hydrogen (secondary N) is 1. The zero-order chi connectivity index (χ0) is 23.4. The van der Waals surface area contributed by atoms with Gasteiger partial charge in [0.05, 0.1) is 17.0 Å². The third-order valence-electron chi connectivity index (χ3n) is 4.86. The van der Waals surface area contributed by atoms with Gasteiger partial charge in [-0.15, -0.1) is 0 Å². The average Bonchev–Trinajstić information content (AvgIpc) is 2.79. The molecule has 0 bridgehead atoms. The summed E-state index contributed by atoms with van der Waals surface area (Å²) in [6.07, 6.45) is -0.341. The zero-order valence-electron chi connectivity index (χ0n) is 17.0. The van der Waals surface area contributed by atoms with E-state index in [4.69, 9.17) is 11.6 Å². The number of aromatic nitrogens is 3. The number of halogens is 4. The second-order valence-electron chi connectivity index (χ2n) is 7.10.